The molecular formula is C10H22BaO2. The minimum absolute atomic E-state index is 0. The fourth-order valence-electron chi connectivity index (χ4n) is 1.23. The second-order valence-electron chi connectivity index (χ2n) is 3.27. The minimum Gasteiger partial charge on any atom is -1.00 e. The van der Waals surface area contributed by atoms with Crippen molar-refractivity contribution in [2.45, 2.75) is 58.3 Å². The summed E-state index contributed by atoms with van der Waals surface area (Å²) in [4.78, 5) is 10.1. The van der Waals surface area contributed by atoms with Crippen LogP contribution >= 0.6 is 0 Å². The number of aliphatic carboxylic acids is 1. The Morgan fingerprint density at radius 3 is 2.00 bits per heavy atom. The molecule has 76 valence electrons. The first-order chi connectivity index (χ1) is 5.77. The second-order valence-corrected chi connectivity index (χ2v) is 3.27. The number of unbranched alkanes of at least 4 members (excludes halogenated alkanes) is 6. The summed E-state index contributed by atoms with van der Waals surface area (Å²) >= 11 is 0. The zero-order valence-electron chi connectivity index (χ0n) is 10.7. The first-order valence-corrected chi connectivity index (χ1v) is 4.99. The van der Waals surface area contributed by atoms with Crippen LogP contribution in [0.25, 0.3) is 0 Å². The van der Waals surface area contributed by atoms with Crippen LogP contribution in [-0.4, -0.2) is 60.0 Å². The molecule has 0 radical (unpaired) electrons. The molecule has 0 aromatic rings. The smallest absolute Gasteiger partial charge is 1.00 e. The van der Waals surface area contributed by atoms with Crippen molar-refractivity contribution in [3.63, 3.8) is 0 Å². The number of hydrogen-bond donors (Lipinski definition) is 1. The van der Waals surface area contributed by atoms with Crippen molar-refractivity contribution in [3.8, 4) is 0 Å². The molecule has 0 bridgehead atoms. The standard InChI is InChI=1S/C10H20O2.Ba.2H/c1-2-3-4-5-6-7-8-9-10(11)12;;;/h2-9H2,1H3,(H,11,12);;;/q;+2;2*-1. The second kappa shape index (κ2) is 13.0. The molecule has 0 saturated carbocycles. The number of rotatable bonds is 8. The first-order valence-electron chi connectivity index (χ1n) is 4.99. The zero-order valence-corrected chi connectivity index (χ0v) is 13.2. The van der Waals surface area contributed by atoms with Gasteiger partial charge >= 0.3 is 54.9 Å². The Morgan fingerprint density at radius 2 is 1.54 bits per heavy atom. The van der Waals surface area contributed by atoms with Gasteiger partial charge < -0.3 is 7.96 Å². The summed E-state index contributed by atoms with van der Waals surface area (Å²) in [6.45, 7) is 2.20. The van der Waals surface area contributed by atoms with Crippen molar-refractivity contribution in [2.24, 2.45) is 0 Å². The first kappa shape index (κ1) is 16.5. The van der Waals surface area contributed by atoms with Crippen molar-refractivity contribution in [3.05, 3.63) is 0 Å². The Kier molecular flexibility index (Phi) is 16.5. The van der Waals surface area contributed by atoms with Gasteiger partial charge in [0.1, 0.15) is 0 Å². The third-order valence-electron chi connectivity index (χ3n) is 1.99. The molecule has 0 heterocycles. The van der Waals surface area contributed by atoms with Gasteiger partial charge in [0.05, 0.1) is 0 Å². The Balaban J connectivity index is -0.000000202. The molecule has 0 spiro atoms. The quantitative estimate of drug-likeness (QED) is 0.552. The molecule has 2 nitrogen and oxygen atoms in total. The van der Waals surface area contributed by atoms with E-state index in [0.29, 0.717) is 6.42 Å². The molecule has 0 atom stereocenters. The number of carboxylic acid groups (broad SMARTS) is 1. The maximum atomic E-state index is 10.1. The zero-order chi connectivity index (χ0) is 9.23. The van der Waals surface area contributed by atoms with Crippen molar-refractivity contribution >= 4 is 54.9 Å². The average molecular weight is 312 g/mol. The molecule has 0 aromatic carbocycles. The number of carbonyl (C=O) groups is 1. The van der Waals surface area contributed by atoms with Crippen molar-refractivity contribution in [1.82, 2.24) is 0 Å². The van der Waals surface area contributed by atoms with Crippen LogP contribution in [0.15, 0.2) is 0 Å². The molecule has 13 heavy (non-hydrogen) atoms. The summed E-state index contributed by atoms with van der Waals surface area (Å²) in [6, 6.07) is 0. The van der Waals surface area contributed by atoms with Crippen LogP contribution < -0.4 is 0 Å². The van der Waals surface area contributed by atoms with Gasteiger partial charge in [-0.3, -0.25) is 4.79 Å². The summed E-state index contributed by atoms with van der Waals surface area (Å²) in [5, 5.41) is 8.35. The van der Waals surface area contributed by atoms with Crippen LogP contribution in [0.5, 0.6) is 0 Å². The average Bonchev–Trinajstić information content (AvgIpc) is 2.02. The molecule has 0 saturated heterocycles. The summed E-state index contributed by atoms with van der Waals surface area (Å²) in [7, 11) is 0. The number of carboxylic acids is 1. The van der Waals surface area contributed by atoms with Gasteiger partial charge in [-0.15, -0.1) is 0 Å². The summed E-state index contributed by atoms with van der Waals surface area (Å²) < 4.78 is 0. The van der Waals surface area contributed by atoms with E-state index in [1.165, 1.54) is 32.1 Å². The van der Waals surface area contributed by atoms with E-state index in [0.717, 1.165) is 12.8 Å². The van der Waals surface area contributed by atoms with Gasteiger partial charge in [-0.1, -0.05) is 45.4 Å². The van der Waals surface area contributed by atoms with E-state index in [-0.39, 0.29) is 51.7 Å². The fourth-order valence-corrected chi connectivity index (χ4v) is 1.23. The minimum atomic E-state index is -0.663. The van der Waals surface area contributed by atoms with Crippen LogP contribution in [-0.2, 0) is 4.79 Å². The normalized spacial score (nSPS) is 9.31. The van der Waals surface area contributed by atoms with Gasteiger partial charge in [0.25, 0.3) is 0 Å². The van der Waals surface area contributed by atoms with Crippen molar-refractivity contribution in [2.75, 3.05) is 0 Å². The van der Waals surface area contributed by atoms with Gasteiger partial charge in [-0.2, -0.15) is 0 Å². The van der Waals surface area contributed by atoms with E-state index in [9.17, 15) is 4.79 Å². The Hall–Kier alpha value is 1.04. The maximum absolute atomic E-state index is 10.1. The number of hydrogen-bond acceptors (Lipinski definition) is 1. The predicted octanol–water partition coefficient (Wildman–Crippen LogP) is 3.06. The summed E-state index contributed by atoms with van der Waals surface area (Å²) in [5.74, 6) is -0.663. The van der Waals surface area contributed by atoms with E-state index < -0.39 is 5.97 Å². The van der Waals surface area contributed by atoms with Crippen LogP contribution in [0.1, 0.15) is 61.1 Å². The van der Waals surface area contributed by atoms with Crippen LogP contribution in [0.3, 0.4) is 0 Å². The van der Waals surface area contributed by atoms with Gasteiger partial charge in [0.2, 0.25) is 0 Å². The summed E-state index contributed by atoms with van der Waals surface area (Å²) in [6.07, 6.45) is 8.64. The molecule has 3 heteroatoms. The predicted molar refractivity (Wildman–Crippen MR) is 58.2 cm³/mol. The molecule has 0 aliphatic rings. The van der Waals surface area contributed by atoms with Crippen LogP contribution in [0.4, 0.5) is 0 Å². The monoisotopic (exact) mass is 312 g/mol. The Morgan fingerprint density at radius 1 is 1.08 bits per heavy atom. The molecule has 0 fully saturated rings. The van der Waals surface area contributed by atoms with E-state index in [1.807, 2.05) is 0 Å². The van der Waals surface area contributed by atoms with Crippen LogP contribution in [0, 0.1) is 0 Å². The van der Waals surface area contributed by atoms with E-state index >= 15 is 0 Å². The van der Waals surface area contributed by atoms with Crippen LogP contribution in [0.2, 0.25) is 0 Å². The molecule has 0 amide bonds. The maximum Gasteiger partial charge on any atom is 2.00 e. The SMILES string of the molecule is CCCCCCCCCC(=O)O.[Ba+2].[H-].[H-]. The van der Waals surface area contributed by atoms with E-state index in [2.05, 4.69) is 6.92 Å². The van der Waals surface area contributed by atoms with Crippen molar-refractivity contribution in [1.29, 1.82) is 0 Å². The molecule has 0 aliphatic heterocycles. The van der Waals surface area contributed by atoms with E-state index in [4.69, 9.17) is 5.11 Å². The largest absolute Gasteiger partial charge is 2.00 e. The third-order valence-corrected chi connectivity index (χ3v) is 1.99. The Labute approximate surface area is 125 Å². The molecule has 0 aliphatic carbocycles. The fraction of sp³-hybridized carbons (Fsp3) is 0.900. The third kappa shape index (κ3) is 15.8. The topological polar surface area (TPSA) is 37.3 Å². The van der Waals surface area contributed by atoms with Gasteiger partial charge in [0.15, 0.2) is 0 Å². The van der Waals surface area contributed by atoms with Gasteiger partial charge in [0, 0.05) is 6.42 Å². The Bertz CT molecular complexity index is 124. The molecule has 0 rings (SSSR count). The molecule has 0 unspecified atom stereocenters. The molecule has 1 N–H and O–H groups in total. The summed E-state index contributed by atoms with van der Waals surface area (Å²) in [5.41, 5.74) is 0. The molecular weight excluding hydrogens is 289 g/mol. The van der Waals surface area contributed by atoms with Gasteiger partial charge in [-0.05, 0) is 6.42 Å². The van der Waals surface area contributed by atoms with E-state index in [1.54, 1.807) is 0 Å². The molecule has 0 aromatic heterocycles. The van der Waals surface area contributed by atoms with Gasteiger partial charge in [-0.25, -0.2) is 0 Å². The van der Waals surface area contributed by atoms with Crippen molar-refractivity contribution < 1.29 is 12.8 Å².